The smallest absolute Gasteiger partial charge is 0.291 e. The van der Waals surface area contributed by atoms with Gasteiger partial charge < -0.3 is 51.2 Å². The second kappa shape index (κ2) is 49.7. The minimum absolute atomic E-state index is 0. The molecule has 0 radical (unpaired) electrons. The third kappa shape index (κ3) is 40.1. The molecule has 8 heterocycles. The number of anilines is 4. The van der Waals surface area contributed by atoms with Crippen LogP contribution in [0.3, 0.4) is 0 Å². The van der Waals surface area contributed by atoms with Crippen LogP contribution in [0.25, 0.3) is 0 Å². The SMILES string of the molecule is CC(C)(O)c1ccc(N2CCN(S(=O)(=O)c3cc(N)cs3)CC2)cc1.CC(C)(O)c1ccc(N2CCN(S(=O)(=O)c3cc([N+](=O)[O-])cs3)CC2)cc1.CC(C)(O)c1ccc(N2CCNCC2)cc1.CCN(CC)CC.C[N+](=O)[O-].C[N+](=O)[O-].Cl.O=S(=O)(Cl)c1cccs1.O=S(=O)(Cl)c1cccs1.O=S(=O)(Cl)c1cccs1.O=[N+]([O-])O. The number of nitrogens with one attached hydrogen (secondary N) is 1. The summed E-state index contributed by atoms with van der Waals surface area (Å²) >= 11 is 5.36. The maximum Gasteiger partial charge on any atom is 0.291 e. The topological polar surface area (TPSA) is 482 Å². The molecule has 8 aromatic rings. The van der Waals surface area contributed by atoms with Gasteiger partial charge in [-0.25, -0.2) is 42.1 Å². The molecule has 5 aromatic heterocycles. The average molecular weight is 1880 g/mol. The van der Waals surface area contributed by atoms with E-state index in [0.717, 1.165) is 131 Å². The normalized spacial score (nSPS) is 14.0. The van der Waals surface area contributed by atoms with Crippen LogP contribution >= 0.6 is 101 Å². The van der Waals surface area contributed by atoms with Gasteiger partial charge in [-0.1, -0.05) is 75.4 Å². The number of sulfonamides is 2. The number of benzene rings is 3. The fourth-order valence-electron chi connectivity index (χ4n) is 9.67. The van der Waals surface area contributed by atoms with Crippen molar-refractivity contribution < 1.29 is 82.5 Å². The van der Waals surface area contributed by atoms with Crippen LogP contribution in [0.15, 0.2) is 169 Å². The van der Waals surface area contributed by atoms with E-state index in [9.17, 15) is 67.5 Å². The molecule has 0 unspecified atom stereocenters. The summed E-state index contributed by atoms with van der Waals surface area (Å²) in [6, 6.07) is 35.5. The zero-order chi connectivity index (χ0) is 86.8. The Bertz CT molecular complexity index is 4590. The first-order valence-electron chi connectivity index (χ1n) is 33.9. The molecule has 0 atom stereocenters. The minimum atomic E-state index is -3.72. The highest BCUT2D eigenvalue weighted by Crippen LogP contribution is 2.33. The van der Waals surface area contributed by atoms with Gasteiger partial charge in [0.15, 0.2) is 14.1 Å². The zero-order valence-electron chi connectivity index (χ0n) is 64.4. The first-order valence-corrected chi connectivity index (χ1v) is 48.1. The molecular formula is C67H96Cl4N12O22S10. The number of aliphatic hydroxyl groups is 3. The van der Waals surface area contributed by atoms with Gasteiger partial charge in [0, 0.05) is 155 Å². The zero-order valence-corrected chi connectivity index (χ0v) is 75.6. The molecule has 0 spiro atoms. The van der Waals surface area contributed by atoms with Gasteiger partial charge in [-0.3, -0.25) is 30.3 Å². The van der Waals surface area contributed by atoms with Crippen molar-refractivity contribution in [2.75, 3.05) is 133 Å². The summed E-state index contributed by atoms with van der Waals surface area (Å²) in [6.07, 6.45) is 0. The van der Waals surface area contributed by atoms with Gasteiger partial charge in [-0.15, -0.1) is 79.2 Å². The molecule has 3 fully saturated rings. The third-order valence-electron chi connectivity index (χ3n) is 15.5. The number of rotatable bonds is 17. The number of halogens is 4. The van der Waals surface area contributed by atoms with Crippen LogP contribution < -0.4 is 25.8 Å². The Morgan fingerprint density at radius 3 is 0.904 bits per heavy atom. The lowest BCUT2D eigenvalue weighted by molar-refractivity contribution is -0.742. The van der Waals surface area contributed by atoms with E-state index in [1.807, 2.05) is 74.5 Å². The number of nitro groups is 3. The van der Waals surface area contributed by atoms with Crippen molar-refractivity contribution in [2.45, 2.75) is 100 Å². The summed E-state index contributed by atoms with van der Waals surface area (Å²) in [5.74, 6) is 0. The Balaban J connectivity index is 0.000000686. The van der Waals surface area contributed by atoms with Gasteiger partial charge in [0.2, 0.25) is 0 Å². The summed E-state index contributed by atoms with van der Waals surface area (Å²) in [4.78, 5) is 44.1. The van der Waals surface area contributed by atoms with E-state index >= 15 is 0 Å². The van der Waals surface area contributed by atoms with Crippen molar-refractivity contribution in [3.63, 3.8) is 0 Å². The first kappa shape index (κ1) is 106. The van der Waals surface area contributed by atoms with Crippen LogP contribution in [0, 0.1) is 40.5 Å². The Morgan fingerprint density at radius 2 is 0.713 bits per heavy atom. The lowest BCUT2D eigenvalue weighted by atomic mass is 9.98. The van der Waals surface area contributed by atoms with Crippen molar-refractivity contribution in [3.05, 3.63) is 205 Å². The number of piperazine rings is 3. The molecule has 0 bridgehead atoms. The predicted octanol–water partition coefficient (Wildman–Crippen LogP) is 12.0. The summed E-state index contributed by atoms with van der Waals surface area (Å²) in [5.41, 5.74) is 9.27. The predicted molar refractivity (Wildman–Crippen MR) is 459 cm³/mol. The van der Waals surface area contributed by atoms with Crippen molar-refractivity contribution in [3.8, 4) is 0 Å². The van der Waals surface area contributed by atoms with Crippen molar-refractivity contribution in [1.29, 1.82) is 0 Å². The third-order valence-corrected chi connectivity index (χ3v) is 31.1. The Kier molecular flexibility index (Phi) is 46.0. The number of hydrogen-bond acceptors (Lipinski definition) is 32. The van der Waals surface area contributed by atoms with Gasteiger partial charge in [0.25, 0.3) is 58.0 Å². The quantitative estimate of drug-likeness (QED) is 0.0280. The standard InChI is InChI=1S/C17H21N3O5S2.C17H23N3O3S2.C13H20N2O.C6H15N.3C4H3ClO2S2.2CH3NO2.ClH.HNO3/c1-17(2,21)13-3-5-14(6-4-13)18-7-9-19(10-8-18)27(24,25)16-11-15(12-26-16)20(22)23;1-17(2,21)13-3-5-15(6-4-13)19-7-9-20(10-8-19)25(22,23)16-11-14(18)12-24-16;1-13(2,16)11-3-5-12(6-4-11)15-9-7-14-8-10-15;1-4-7(5-2)6-3;3*5-9(6,7)4-2-1-3-8-4;2*1-2(3)4;;2-1(3)4/h3-6,11-12,21H,7-10H2,1-2H3;3-6,11-12,21H,7-10,18H2,1-2H3;3-6,14,16H,7-10H2,1-2H3;4-6H2,1-3H3;3*1-3H;2*1H3;1H;(H,2,3,4). The molecule has 11 rings (SSSR count). The van der Waals surface area contributed by atoms with E-state index in [4.69, 9.17) is 73.3 Å². The maximum absolute atomic E-state index is 12.7. The molecule has 3 aliphatic heterocycles. The Hall–Kier alpha value is -6.61. The van der Waals surface area contributed by atoms with E-state index in [-0.39, 0.29) is 34.9 Å². The minimum Gasteiger partial charge on any atom is -0.398 e. The highest BCUT2D eigenvalue weighted by atomic mass is 35.7. The maximum atomic E-state index is 12.7. The molecule has 34 nitrogen and oxygen atoms in total. The summed E-state index contributed by atoms with van der Waals surface area (Å²) in [6.45, 7) is 28.7. The molecule has 644 valence electrons. The molecule has 0 aliphatic carbocycles. The number of thiophene rings is 5. The molecule has 3 aliphatic rings. The lowest BCUT2D eigenvalue weighted by Crippen LogP contribution is -2.48. The molecule has 7 N–H and O–H groups in total. The van der Waals surface area contributed by atoms with Gasteiger partial charge in [-0.05, 0) is 155 Å². The van der Waals surface area contributed by atoms with Crippen LogP contribution in [-0.4, -0.2) is 208 Å². The number of nitrogens with zero attached hydrogens (tertiary/aromatic N) is 10. The molecule has 3 aromatic carbocycles. The number of nitrogen functional groups attached to an aromatic ring is 1. The number of hydrogen-bond donors (Lipinski definition) is 6. The first-order chi connectivity index (χ1) is 52.7. The lowest BCUT2D eigenvalue weighted by Gasteiger charge is -2.35. The fourth-order valence-corrected chi connectivity index (χ4v) is 20.4. The van der Waals surface area contributed by atoms with Gasteiger partial charge in [0.1, 0.15) is 21.0 Å². The number of nitrogens with two attached hydrogens (primary N) is 1. The highest BCUT2D eigenvalue weighted by molar-refractivity contribution is 8.15. The van der Waals surface area contributed by atoms with E-state index in [1.165, 1.54) is 63.6 Å². The van der Waals surface area contributed by atoms with Gasteiger partial charge in [0.05, 0.1) is 27.1 Å². The van der Waals surface area contributed by atoms with Crippen molar-refractivity contribution in [2.24, 2.45) is 0 Å². The second-order valence-electron chi connectivity index (χ2n) is 25.3. The van der Waals surface area contributed by atoms with Crippen LogP contribution in [0.2, 0.25) is 0 Å². The van der Waals surface area contributed by atoms with Gasteiger partial charge >= 0.3 is 0 Å². The molecule has 3 saturated heterocycles. The van der Waals surface area contributed by atoms with E-state index in [0.29, 0.717) is 62.3 Å². The highest BCUT2D eigenvalue weighted by Gasteiger charge is 2.33. The Morgan fingerprint density at radius 1 is 0.452 bits per heavy atom. The van der Waals surface area contributed by atoms with E-state index in [2.05, 4.69) is 57.8 Å². The van der Waals surface area contributed by atoms with Crippen molar-refractivity contribution in [1.82, 2.24) is 18.8 Å². The molecule has 115 heavy (non-hydrogen) atoms. The summed E-state index contributed by atoms with van der Waals surface area (Å²) < 4.78 is 117. The molecule has 0 amide bonds. The summed E-state index contributed by atoms with van der Waals surface area (Å²) in [7, 11) is -0.860. The molecule has 0 saturated carbocycles. The average Bonchev–Trinajstić information content (AvgIpc) is 1.75. The second-order valence-corrected chi connectivity index (χ2v) is 42.6. The summed E-state index contributed by atoms with van der Waals surface area (Å²) in [5, 5.41) is 83.2. The van der Waals surface area contributed by atoms with Crippen LogP contribution in [0.1, 0.15) is 79.0 Å². The molecular weight excluding hydrogens is 1790 g/mol. The fraction of sp³-hybridized carbons (Fsp3) is 0.433. The van der Waals surface area contributed by atoms with Crippen molar-refractivity contribution >= 4 is 177 Å². The van der Waals surface area contributed by atoms with Gasteiger partial charge in [-0.2, -0.15) is 8.61 Å². The van der Waals surface area contributed by atoms with E-state index in [1.54, 1.807) is 67.4 Å². The van der Waals surface area contributed by atoms with Crippen LogP contribution in [-0.2, 0) is 64.0 Å². The van der Waals surface area contributed by atoms with E-state index < -0.39 is 83.9 Å². The largest absolute Gasteiger partial charge is 0.398 e. The monoisotopic (exact) mass is 1880 g/mol. The molecule has 48 heteroatoms. The van der Waals surface area contributed by atoms with Crippen LogP contribution in [0.5, 0.6) is 0 Å². The van der Waals surface area contributed by atoms with Crippen LogP contribution in [0.4, 0.5) is 28.4 Å². The Labute approximate surface area is 710 Å².